The third-order valence-electron chi connectivity index (χ3n) is 3.23. The minimum absolute atomic E-state index is 0.0457. The van der Waals surface area contributed by atoms with Crippen LogP contribution in [0.1, 0.15) is 27.7 Å². The van der Waals surface area contributed by atoms with Crippen molar-refractivity contribution in [1.82, 2.24) is 4.98 Å². The second kappa shape index (κ2) is 4.28. The van der Waals surface area contributed by atoms with Gasteiger partial charge < -0.3 is 5.11 Å². The summed E-state index contributed by atoms with van der Waals surface area (Å²) in [7, 11) is -2.93. The zero-order valence-electron chi connectivity index (χ0n) is 9.87. The van der Waals surface area contributed by atoms with Crippen molar-refractivity contribution < 1.29 is 18.3 Å². The SMILES string of the molecule is O=C(O)c1ccc2nc(C3CCS(=O)(=O)C3)sc2c1. The van der Waals surface area contributed by atoms with Gasteiger partial charge in [-0.05, 0) is 24.6 Å². The first-order valence-corrected chi connectivity index (χ1v) is 8.42. The minimum Gasteiger partial charge on any atom is -0.478 e. The molecule has 1 atom stereocenters. The molecule has 0 aliphatic carbocycles. The molecule has 1 aromatic carbocycles. The van der Waals surface area contributed by atoms with Gasteiger partial charge in [-0.1, -0.05) is 0 Å². The van der Waals surface area contributed by atoms with Gasteiger partial charge in [-0.3, -0.25) is 0 Å². The van der Waals surface area contributed by atoms with E-state index in [-0.39, 0.29) is 23.0 Å². The van der Waals surface area contributed by atoms with Crippen molar-refractivity contribution in [3.05, 3.63) is 28.8 Å². The van der Waals surface area contributed by atoms with E-state index in [1.165, 1.54) is 17.4 Å². The highest BCUT2D eigenvalue weighted by molar-refractivity contribution is 7.91. The summed E-state index contributed by atoms with van der Waals surface area (Å²) in [5.74, 6) is -0.650. The second-order valence-corrected chi connectivity index (χ2v) is 7.93. The fourth-order valence-electron chi connectivity index (χ4n) is 2.24. The number of thiazole rings is 1. The van der Waals surface area contributed by atoms with Crippen LogP contribution in [0.2, 0.25) is 0 Å². The fraction of sp³-hybridized carbons (Fsp3) is 0.333. The second-order valence-electron chi connectivity index (χ2n) is 4.64. The van der Waals surface area contributed by atoms with E-state index in [9.17, 15) is 13.2 Å². The van der Waals surface area contributed by atoms with E-state index in [1.807, 2.05) is 0 Å². The van der Waals surface area contributed by atoms with Gasteiger partial charge in [-0.25, -0.2) is 18.2 Å². The van der Waals surface area contributed by atoms with Crippen LogP contribution in [0.25, 0.3) is 10.2 Å². The first kappa shape index (κ1) is 12.6. The molecule has 0 spiro atoms. The maximum absolute atomic E-state index is 11.5. The van der Waals surface area contributed by atoms with Crippen molar-refractivity contribution in [3.8, 4) is 0 Å². The van der Waals surface area contributed by atoms with Gasteiger partial charge in [0, 0.05) is 5.92 Å². The maximum atomic E-state index is 11.5. The zero-order valence-corrected chi connectivity index (χ0v) is 11.5. The van der Waals surface area contributed by atoms with E-state index < -0.39 is 15.8 Å². The van der Waals surface area contributed by atoms with Gasteiger partial charge >= 0.3 is 5.97 Å². The smallest absolute Gasteiger partial charge is 0.335 e. The van der Waals surface area contributed by atoms with Crippen LogP contribution in [0, 0.1) is 0 Å². The quantitative estimate of drug-likeness (QED) is 0.915. The van der Waals surface area contributed by atoms with Crippen LogP contribution in [-0.2, 0) is 9.84 Å². The molecule has 3 rings (SSSR count). The average Bonchev–Trinajstić information content (AvgIpc) is 2.90. The Balaban J connectivity index is 2.00. The van der Waals surface area contributed by atoms with Crippen LogP contribution in [0.15, 0.2) is 18.2 Å². The minimum atomic E-state index is -2.93. The number of hydrogen-bond acceptors (Lipinski definition) is 5. The topological polar surface area (TPSA) is 84.3 Å². The standard InChI is InChI=1S/C12H11NO4S2/c14-12(15)7-1-2-9-10(5-7)18-11(13-9)8-3-4-19(16,17)6-8/h1-2,5,8H,3-4,6H2,(H,14,15). The van der Waals surface area contributed by atoms with Gasteiger partial charge in [0.25, 0.3) is 0 Å². The highest BCUT2D eigenvalue weighted by Crippen LogP contribution is 2.34. The number of fused-ring (bicyclic) bond motifs is 1. The molecule has 2 aromatic rings. The van der Waals surface area contributed by atoms with Gasteiger partial charge in [0.15, 0.2) is 9.84 Å². The Bertz CT molecular complexity index is 763. The highest BCUT2D eigenvalue weighted by Gasteiger charge is 2.31. The van der Waals surface area contributed by atoms with Crippen LogP contribution in [-0.4, -0.2) is 36.0 Å². The fourth-order valence-corrected chi connectivity index (χ4v) is 5.23. The summed E-state index contributed by atoms with van der Waals surface area (Å²) in [5.41, 5.74) is 0.955. The zero-order chi connectivity index (χ0) is 13.6. The molecule has 0 radical (unpaired) electrons. The number of nitrogens with zero attached hydrogens (tertiary/aromatic N) is 1. The van der Waals surface area contributed by atoms with Crippen LogP contribution < -0.4 is 0 Å². The summed E-state index contributed by atoms with van der Waals surface area (Å²) < 4.78 is 23.7. The lowest BCUT2D eigenvalue weighted by atomic mass is 10.1. The summed E-state index contributed by atoms with van der Waals surface area (Å²) in [4.78, 5) is 15.3. The van der Waals surface area contributed by atoms with E-state index in [2.05, 4.69) is 4.98 Å². The third-order valence-corrected chi connectivity index (χ3v) is 6.18. The molecular formula is C12H11NO4S2. The molecule has 100 valence electrons. The molecular weight excluding hydrogens is 286 g/mol. The maximum Gasteiger partial charge on any atom is 0.335 e. The Morgan fingerprint density at radius 1 is 1.42 bits per heavy atom. The molecule has 1 aromatic heterocycles. The Hall–Kier alpha value is -1.47. The normalized spacial score (nSPS) is 21.8. The number of carboxylic acid groups (broad SMARTS) is 1. The molecule has 7 heteroatoms. The van der Waals surface area contributed by atoms with Crippen LogP contribution in [0.5, 0.6) is 0 Å². The first-order valence-electron chi connectivity index (χ1n) is 5.79. The van der Waals surface area contributed by atoms with E-state index in [0.717, 1.165) is 15.2 Å². The lowest BCUT2D eigenvalue weighted by Crippen LogP contribution is -2.03. The molecule has 2 heterocycles. The number of sulfone groups is 1. The molecule has 1 aliphatic heterocycles. The number of rotatable bonds is 2. The van der Waals surface area contributed by atoms with Gasteiger partial charge in [0.1, 0.15) is 0 Å². The third kappa shape index (κ3) is 2.35. The Morgan fingerprint density at radius 3 is 2.84 bits per heavy atom. The van der Waals surface area contributed by atoms with Crippen LogP contribution >= 0.6 is 11.3 Å². The van der Waals surface area contributed by atoms with Crippen molar-refractivity contribution in [2.75, 3.05) is 11.5 Å². The molecule has 1 aliphatic rings. The molecule has 1 unspecified atom stereocenters. The van der Waals surface area contributed by atoms with Gasteiger partial charge in [0.05, 0.1) is 32.3 Å². The number of carboxylic acids is 1. The predicted molar refractivity (Wildman–Crippen MR) is 72.6 cm³/mol. The number of aromatic carboxylic acids is 1. The molecule has 1 saturated heterocycles. The number of aromatic nitrogens is 1. The van der Waals surface area contributed by atoms with E-state index >= 15 is 0 Å². The molecule has 1 fully saturated rings. The van der Waals surface area contributed by atoms with Gasteiger partial charge in [0.2, 0.25) is 0 Å². The van der Waals surface area contributed by atoms with E-state index in [1.54, 1.807) is 12.1 Å². The Morgan fingerprint density at radius 2 is 2.21 bits per heavy atom. The number of carbonyl (C=O) groups is 1. The molecule has 5 nitrogen and oxygen atoms in total. The lowest BCUT2D eigenvalue weighted by Gasteiger charge is -2.00. The molecule has 1 N–H and O–H groups in total. The summed E-state index contributed by atoms with van der Waals surface area (Å²) in [6.45, 7) is 0. The van der Waals surface area contributed by atoms with Crippen molar-refractivity contribution in [3.63, 3.8) is 0 Å². The van der Waals surface area contributed by atoms with Crippen molar-refractivity contribution in [1.29, 1.82) is 0 Å². The molecule has 0 amide bonds. The van der Waals surface area contributed by atoms with Crippen molar-refractivity contribution in [2.24, 2.45) is 0 Å². The molecule has 0 saturated carbocycles. The summed E-state index contributed by atoms with van der Waals surface area (Å²) in [6, 6.07) is 4.77. The Kier molecular flexibility index (Phi) is 2.83. The average molecular weight is 297 g/mol. The number of hydrogen-bond donors (Lipinski definition) is 1. The summed E-state index contributed by atoms with van der Waals surface area (Å²) in [6.07, 6.45) is 0.605. The largest absolute Gasteiger partial charge is 0.478 e. The van der Waals surface area contributed by atoms with Crippen molar-refractivity contribution >= 4 is 37.4 Å². The first-order chi connectivity index (χ1) is 8.94. The predicted octanol–water partition coefficient (Wildman–Crippen LogP) is 1.90. The van der Waals surface area contributed by atoms with Crippen LogP contribution in [0.4, 0.5) is 0 Å². The Labute approximate surface area is 113 Å². The van der Waals surface area contributed by atoms with Gasteiger partial charge in [-0.2, -0.15) is 0 Å². The van der Waals surface area contributed by atoms with E-state index in [4.69, 9.17) is 5.11 Å². The van der Waals surface area contributed by atoms with E-state index in [0.29, 0.717) is 6.42 Å². The molecule has 0 bridgehead atoms. The van der Waals surface area contributed by atoms with Crippen molar-refractivity contribution in [2.45, 2.75) is 12.3 Å². The molecule has 19 heavy (non-hydrogen) atoms. The summed E-state index contributed by atoms with van der Waals surface area (Å²) >= 11 is 1.39. The highest BCUT2D eigenvalue weighted by atomic mass is 32.2. The lowest BCUT2D eigenvalue weighted by molar-refractivity contribution is 0.0697. The van der Waals surface area contributed by atoms with Crippen LogP contribution in [0.3, 0.4) is 0 Å². The summed E-state index contributed by atoms with van der Waals surface area (Å²) in [5, 5.41) is 9.73. The monoisotopic (exact) mass is 297 g/mol. The van der Waals surface area contributed by atoms with Gasteiger partial charge in [-0.15, -0.1) is 11.3 Å². The number of benzene rings is 1.